The molecular weight excluding hydrogens is 244 g/mol. The fourth-order valence-electron chi connectivity index (χ4n) is 3.11. The quantitative estimate of drug-likeness (QED) is 0.691. The van der Waals surface area contributed by atoms with Gasteiger partial charge in [-0.3, -0.25) is 4.98 Å². The Labute approximate surface area is 122 Å². The maximum Gasteiger partial charge on any atom is 0.241 e. The summed E-state index contributed by atoms with van der Waals surface area (Å²) >= 11 is 0. The van der Waals surface area contributed by atoms with Crippen molar-refractivity contribution in [3.8, 4) is 0 Å². The smallest absolute Gasteiger partial charge is 0.241 e. The van der Waals surface area contributed by atoms with E-state index in [0.29, 0.717) is 12.0 Å². The van der Waals surface area contributed by atoms with E-state index in [9.17, 15) is 0 Å². The van der Waals surface area contributed by atoms with E-state index in [1.54, 1.807) is 0 Å². The first-order valence-corrected chi connectivity index (χ1v) is 7.92. The molecule has 108 valence electrons. The molecule has 20 heavy (non-hydrogen) atoms. The van der Waals surface area contributed by atoms with Gasteiger partial charge in [-0.15, -0.1) is 0 Å². The van der Waals surface area contributed by atoms with Crippen LogP contribution in [0.3, 0.4) is 0 Å². The Hall–Kier alpha value is -1.57. The predicted molar refractivity (Wildman–Crippen MR) is 83.5 cm³/mol. The van der Waals surface area contributed by atoms with E-state index >= 15 is 0 Å². The predicted octanol–water partition coefficient (Wildman–Crippen LogP) is 4.30. The second-order valence-corrected chi connectivity index (χ2v) is 5.63. The van der Waals surface area contributed by atoms with Crippen molar-refractivity contribution in [1.82, 2.24) is 4.98 Å². The van der Waals surface area contributed by atoms with E-state index < -0.39 is 0 Å². The summed E-state index contributed by atoms with van der Waals surface area (Å²) in [6.45, 7) is 4.58. The van der Waals surface area contributed by atoms with Crippen molar-refractivity contribution in [2.75, 3.05) is 0 Å². The molecule has 0 fully saturated rings. The molecular formula is C18H27N2+. The van der Waals surface area contributed by atoms with Crippen molar-refractivity contribution < 1.29 is 4.57 Å². The van der Waals surface area contributed by atoms with Crippen LogP contribution >= 0.6 is 0 Å². The fourth-order valence-corrected chi connectivity index (χ4v) is 3.11. The van der Waals surface area contributed by atoms with Gasteiger partial charge in [0.15, 0.2) is 0 Å². The van der Waals surface area contributed by atoms with Gasteiger partial charge in [-0.25, -0.2) is 4.57 Å². The molecule has 2 nitrogen and oxygen atoms in total. The molecule has 2 aromatic rings. The van der Waals surface area contributed by atoms with E-state index in [4.69, 9.17) is 0 Å². The van der Waals surface area contributed by atoms with Gasteiger partial charge in [0.1, 0.15) is 18.4 Å². The van der Waals surface area contributed by atoms with Crippen molar-refractivity contribution in [3.63, 3.8) is 0 Å². The van der Waals surface area contributed by atoms with Crippen LogP contribution in [-0.4, -0.2) is 4.98 Å². The highest BCUT2D eigenvalue weighted by Crippen LogP contribution is 2.26. The summed E-state index contributed by atoms with van der Waals surface area (Å²) in [5.41, 5.74) is 1.46. The zero-order chi connectivity index (χ0) is 14.2. The van der Waals surface area contributed by atoms with Crippen LogP contribution in [0.25, 0.3) is 0 Å². The number of H-pyrrole nitrogens is 1. The van der Waals surface area contributed by atoms with Crippen LogP contribution in [0.2, 0.25) is 0 Å². The molecule has 0 saturated carbocycles. The summed E-state index contributed by atoms with van der Waals surface area (Å²) in [5, 5.41) is 0. The molecule has 0 aliphatic carbocycles. The number of rotatable bonds is 8. The Morgan fingerprint density at radius 1 is 1.15 bits per heavy atom. The molecule has 0 spiro atoms. The Kier molecular flexibility index (Phi) is 5.85. The fraction of sp³-hybridized carbons (Fsp3) is 0.500. The summed E-state index contributed by atoms with van der Waals surface area (Å²) in [4.78, 5) is 3.18. The number of aromatic amines is 1. The minimum absolute atomic E-state index is 0.591. The maximum atomic E-state index is 3.18. The van der Waals surface area contributed by atoms with E-state index in [1.807, 2.05) is 6.20 Å². The molecule has 0 aliphatic heterocycles. The zero-order valence-corrected chi connectivity index (χ0v) is 12.8. The van der Waals surface area contributed by atoms with Crippen LogP contribution in [-0.2, 0) is 6.42 Å². The number of nitrogens with zero attached hydrogens (tertiary/aromatic N) is 1. The number of hydrogen-bond donors (Lipinski definition) is 1. The molecule has 0 aliphatic rings. The second-order valence-electron chi connectivity index (χ2n) is 5.63. The zero-order valence-electron chi connectivity index (χ0n) is 12.8. The number of aromatic nitrogens is 2. The molecule has 2 heteroatoms. The third-order valence-electron chi connectivity index (χ3n) is 4.18. The average Bonchev–Trinajstić information content (AvgIpc) is 3.00. The summed E-state index contributed by atoms with van der Waals surface area (Å²) in [6.07, 6.45) is 12.5. The molecule has 2 rings (SSSR count). The Bertz CT molecular complexity index is 461. The minimum atomic E-state index is 0.591. The number of hydrogen-bond acceptors (Lipinski definition) is 0. The summed E-state index contributed by atoms with van der Waals surface area (Å²) in [6, 6.07) is 11.5. The lowest BCUT2D eigenvalue weighted by molar-refractivity contribution is -0.729. The van der Waals surface area contributed by atoms with Crippen molar-refractivity contribution >= 4 is 0 Å². The summed E-state index contributed by atoms with van der Waals surface area (Å²) in [5.74, 6) is 0.711. The first-order valence-electron chi connectivity index (χ1n) is 7.92. The van der Waals surface area contributed by atoms with Crippen LogP contribution in [0, 0.1) is 5.92 Å². The molecule has 1 N–H and O–H groups in total. The van der Waals surface area contributed by atoms with Crippen LogP contribution in [0.5, 0.6) is 0 Å². The van der Waals surface area contributed by atoms with Crippen molar-refractivity contribution in [1.29, 1.82) is 0 Å². The molecule has 0 bridgehead atoms. The number of unbranched alkanes of at least 4 members (excludes halogenated alkanes) is 1. The molecule has 1 aromatic heterocycles. The normalized spacial score (nSPS) is 14.1. The topological polar surface area (TPSA) is 19.7 Å². The van der Waals surface area contributed by atoms with Gasteiger partial charge in [0.2, 0.25) is 6.33 Å². The second kappa shape index (κ2) is 7.88. The lowest BCUT2D eigenvalue weighted by Crippen LogP contribution is -2.42. The first kappa shape index (κ1) is 14.8. The Morgan fingerprint density at radius 2 is 1.95 bits per heavy atom. The van der Waals surface area contributed by atoms with Crippen LogP contribution in [0.4, 0.5) is 0 Å². The SMILES string of the molecule is CCCCC(Cc1ccccc1)C(CC)[n+]1cc[nH]c1. The van der Waals surface area contributed by atoms with Crippen molar-refractivity contribution in [2.24, 2.45) is 5.92 Å². The highest BCUT2D eigenvalue weighted by Gasteiger charge is 2.24. The molecule has 2 atom stereocenters. The van der Waals surface area contributed by atoms with Gasteiger partial charge in [0.05, 0.1) is 0 Å². The van der Waals surface area contributed by atoms with Gasteiger partial charge in [0.25, 0.3) is 0 Å². The van der Waals surface area contributed by atoms with Gasteiger partial charge in [-0.05, 0) is 24.8 Å². The first-order chi connectivity index (χ1) is 9.85. The molecule has 1 aromatic carbocycles. The molecule has 0 amide bonds. The lowest BCUT2D eigenvalue weighted by Gasteiger charge is -2.24. The average molecular weight is 271 g/mol. The number of nitrogens with one attached hydrogen (secondary N) is 1. The standard InChI is InChI=1S/C18H26N2/c1-3-5-11-17(14-16-9-7-6-8-10-16)18(4-2)20-13-12-19-15-20/h6-10,12-13,15,17-18H,3-5,11,14H2,1-2H3/p+1. The van der Waals surface area contributed by atoms with E-state index in [1.165, 1.54) is 37.7 Å². The monoisotopic (exact) mass is 271 g/mol. The number of imidazole rings is 1. The summed E-state index contributed by atoms with van der Waals surface area (Å²) < 4.78 is 2.35. The van der Waals surface area contributed by atoms with Gasteiger partial charge < -0.3 is 0 Å². The van der Waals surface area contributed by atoms with Crippen molar-refractivity contribution in [3.05, 3.63) is 54.6 Å². The third-order valence-corrected chi connectivity index (χ3v) is 4.18. The van der Waals surface area contributed by atoms with Crippen LogP contribution < -0.4 is 4.57 Å². The van der Waals surface area contributed by atoms with E-state index in [2.05, 4.69) is 66.3 Å². The largest absolute Gasteiger partial charge is 0.250 e. The lowest BCUT2D eigenvalue weighted by atomic mass is 9.86. The van der Waals surface area contributed by atoms with E-state index in [-0.39, 0.29) is 0 Å². The summed E-state index contributed by atoms with van der Waals surface area (Å²) in [7, 11) is 0. The van der Waals surface area contributed by atoms with Crippen LogP contribution in [0.1, 0.15) is 51.1 Å². The van der Waals surface area contributed by atoms with Gasteiger partial charge >= 0.3 is 0 Å². The van der Waals surface area contributed by atoms with Gasteiger partial charge in [0, 0.05) is 5.92 Å². The number of benzene rings is 1. The minimum Gasteiger partial charge on any atom is -0.250 e. The highest BCUT2D eigenvalue weighted by molar-refractivity contribution is 5.15. The third kappa shape index (κ3) is 3.96. The highest BCUT2D eigenvalue weighted by atomic mass is 15.1. The maximum absolute atomic E-state index is 3.18. The molecule has 1 heterocycles. The molecule has 0 saturated heterocycles. The molecule has 2 unspecified atom stereocenters. The van der Waals surface area contributed by atoms with Crippen molar-refractivity contribution in [2.45, 2.75) is 52.0 Å². The van der Waals surface area contributed by atoms with Crippen LogP contribution in [0.15, 0.2) is 49.1 Å². The van der Waals surface area contributed by atoms with Gasteiger partial charge in [-0.1, -0.05) is 57.0 Å². The Morgan fingerprint density at radius 3 is 2.55 bits per heavy atom. The van der Waals surface area contributed by atoms with E-state index in [0.717, 1.165) is 0 Å². The van der Waals surface area contributed by atoms with Gasteiger partial charge in [-0.2, -0.15) is 0 Å². The molecule has 0 radical (unpaired) electrons. The Balaban J connectivity index is 2.13.